The smallest absolute Gasteiger partial charge is 0.251 e. The zero-order valence-corrected chi connectivity index (χ0v) is 11.8. The van der Waals surface area contributed by atoms with Gasteiger partial charge in [0.2, 0.25) is 0 Å². The molecule has 1 N–H and O–H groups in total. The highest BCUT2D eigenvalue weighted by Gasteiger charge is 2.15. The van der Waals surface area contributed by atoms with Gasteiger partial charge in [-0.05, 0) is 55.9 Å². The minimum Gasteiger partial charge on any atom is -0.352 e. The summed E-state index contributed by atoms with van der Waals surface area (Å²) >= 11 is 0. The van der Waals surface area contributed by atoms with Crippen LogP contribution in [-0.2, 0) is 0 Å². The number of carbonyl (C=O) groups excluding carboxylic acids is 1. The molecule has 94 valence electrons. The standard InChI is InChI=1S/C15H23NO/c1-9(2)8-16-15(17)14-11(4)7-10(3)12(5)13(14)6/h7,9H,8H2,1-6H3,(H,16,17). The lowest BCUT2D eigenvalue weighted by Gasteiger charge is -2.15. The van der Waals surface area contributed by atoms with E-state index in [1.807, 2.05) is 13.8 Å². The Balaban J connectivity index is 3.06. The molecule has 0 atom stereocenters. The second kappa shape index (κ2) is 5.35. The van der Waals surface area contributed by atoms with E-state index in [0.717, 1.165) is 23.2 Å². The van der Waals surface area contributed by atoms with Crippen LogP contribution in [0.4, 0.5) is 0 Å². The molecule has 0 saturated carbocycles. The van der Waals surface area contributed by atoms with Gasteiger partial charge in [-0.2, -0.15) is 0 Å². The Bertz CT molecular complexity index is 433. The summed E-state index contributed by atoms with van der Waals surface area (Å²) in [5.74, 6) is 0.530. The van der Waals surface area contributed by atoms with Crippen LogP contribution in [0, 0.1) is 33.6 Å². The third-order valence-corrected chi connectivity index (χ3v) is 3.25. The van der Waals surface area contributed by atoms with Crippen molar-refractivity contribution in [1.29, 1.82) is 0 Å². The molecule has 0 aromatic heterocycles. The Labute approximate surface area is 104 Å². The van der Waals surface area contributed by atoms with Gasteiger partial charge in [-0.1, -0.05) is 19.9 Å². The van der Waals surface area contributed by atoms with Crippen LogP contribution in [-0.4, -0.2) is 12.5 Å². The molecule has 0 aliphatic carbocycles. The minimum absolute atomic E-state index is 0.0526. The van der Waals surface area contributed by atoms with E-state index in [1.165, 1.54) is 11.1 Å². The zero-order chi connectivity index (χ0) is 13.2. The predicted octanol–water partition coefficient (Wildman–Crippen LogP) is 3.31. The number of carbonyl (C=O) groups is 1. The van der Waals surface area contributed by atoms with Crippen LogP contribution in [0.1, 0.15) is 46.5 Å². The maximum Gasteiger partial charge on any atom is 0.251 e. The zero-order valence-electron chi connectivity index (χ0n) is 11.8. The van der Waals surface area contributed by atoms with Crippen molar-refractivity contribution in [2.24, 2.45) is 5.92 Å². The van der Waals surface area contributed by atoms with Crippen molar-refractivity contribution in [3.63, 3.8) is 0 Å². The van der Waals surface area contributed by atoms with E-state index < -0.39 is 0 Å². The molecule has 2 heteroatoms. The number of rotatable bonds is 3. The third-order valence-electron chi connectivity index (χ3n) is 3.25. The highest BCUT2D eigenvalue weighted by Crippen LogP contribution is 2.21. The number of hydrogen-bond donors (Lipinski definition) is 1. The molecule has 0 spiro atoms. The van der Waals surface area contributed by atoms with E-state index in [9.17, 15) is 4.79 Å². The molecule has 1 aromatic rings. The van der Waals surface area contributed by atoms with Crippen LogP contribution in [0.5, 0.6) is 0 Å². The molecule has 17 heavy (non-hydrogen) atoms. The van der Waals surface area contributed by atoms with Gasteiger partial charge in [0.05, 0.1) is 0 Å². The lowest BCUT2D eigenvalue weighted by Crippen LogP contribution is -2.28. The molecule has 0 heterocycles. The van der Waals surface area contributed by atoms with E-state index in [-0.39, 0.29) is 5.91 Å². The van der Waals surface area contributed by atoms with Gasteiger partial charge < -0.3 is 5.32 Å². The molecule has 0 bridgehead atoms. The third kappa shape index (κ3) is 3.09. The maximum atomic E-state index is 12.1. The lowest BCUT2D eigenvalue weighted by atomic mass is 9.94. The van der Waals surface area contributed by atoms with Gasteiger partial charge in [0.1, 0.15) is 0 Å². The first-order valence-electron chi connectivity index (χ1n) is 6.20. The van der Waals surface area contributed by atoms with Gasteiger partial charge in [-0.3, -0.25) is 4.79 Å². The van der Waals surface area contributed by atoms with E-state index >= 15 is 0 Å². The van der Waals surface area contributed by atoms with Crippen LogP contribution < -0.4 is 5.32 Å². The van der Waals surface area contributed by atoms with Crippen LogP contribution >= 0.6 is 0 Å². The molecule has 1 rings (SSSR count). The quantitative estimate of drug-likeness (QED) is 0.852. The van der Waals surface area contributed by atoms with Crippen LogP contribution in [0.15, 0.2) is 6.07 Å². The molecular formula is C15H23NO. The van der Waals surface area contributed by atoms with E-state index in [0.29, 0.717) is 5.92 Å². The van der Waals surface area contributed by atoms with Crippen molar-refractivity contribution in [3.8, 4) is 0 Å². The fourth-order valence-electron chi connectivity index (χ4n) is 2.02. The lowest BCUT2D eigenvalue weighted by molar-refractivity contribution is 0.0947. The SMILES string of the molecule is Cc1cc(C)c(C(=O)NCC(C)C)c(C)c1C. The second-order valence-electron chi connectivity index (χ2n) is 5.24. The number of nitrogens with one attached hydrogen (secondary N) is 1. The van der Waals surface area contributed by atoms with Gasteiger partial charge in [0, 0.05) is 12.1 Å². The number of amides is 1. The molecule has 0 unspecified atom stereocenters. The summed E-state index contributed by atoms with van der Waals surface area (Å²) in [5, 5.41) is 2.99. The van der Waals surface area contributed by atoms with Crippen molar-refractivity contribution in [3.05, 3.63) is 33.9 Å². The molecule has 0 aliphatic rings. The Morgan fingerprint density at radius 1 is 1.12 bits per heavy atom. The Kier molecular flexibility index (Phi) is 4.33. The van der Waals surface area contributed by atoms with Crippen molar-refractivity contribution < 1.29 is 4.79 Å². The average Bonchev–Trinajstić information content (AvgIpc) is 2.23. The minimum atomic E-state index is 0.0526. The van der Waals surface area contributed by atoms with Gasteiger partial charge in [-0.15, -0.1) is 0 Å². The Hall–Kier alpha value is -1.31. The molecule has 0 radical (unpaired) electrons. The normalized spacial score (nSPS) is 10.8. The van der Waals surface area contributed by atoms with Crippen LogP contribution in [0.25, 0.3) is 0 Å². The number of aryl methyl sites for hydroxylation is 2. The van der Waals surface area contributed by atoms with Crippen molar-refractivity contribution >= 4 is 5.91 Å². The van der Waals surface area contributed by atoms with Gasteiger partial charge in [0.25, 0.3) is 5.91 Å². The highest BCUT2D eigenvalue weighted by atomic mass is 16.1. The molecule has 0 saturated heterocycles. The molecule has 0 fully saturated rings. The number of hydrogen-bond acceptors (Lipinski definition) is 1. The molecule has 1 amide bonds. The topological polar surface area (TPSA) is 29.1 Å². The summed E-state index contributed by atoms with van der Waals surface area (Å²) in [6, 6.07) is 2.09. The van der Waals surface area contributed by atoms with Gasteiger partial charge in [0.15, 0.2) is 0 Å². The summed E-state index contributed by atoms with van der Waals surface area (Å²) in [7, 11) is 0. The second-order valence-corrected chi connectivity index (χ2v) is 5.24. The molecule has 0 aliphatic heterocycles. The Morgan fingerprint density at radius 3 is 2.24 bits per heavy atom. The van der Waals surface area contributed by atoms with E-state index in [4.69, 9.17) is 0 Å². The molecule has 1 aromatic carbocycles. The molecule has 2 nitrogen and oxygen atoms in total. The first-order chi connectivity index (χ1) is 7.84. The predicted molar refractivity (Wildman–Crippen MR) is 72.6 cm³/mol. The fraction of sp³-hybridized carbons (Fsp3) is 0.533. The van der Waals surface area contributed by atoms with Crippen molar-refractivity contribution in [1.82, 2.24) is 5.32 Å². The summed E-state index contributed by atoms with van der Waals surface area (Å²) in [5.41, 5.74) is 5.47. The van der Waals surface area contributed by atoms with E-state index in [1.54, 1.807) is 0 Å². The Morgan fingerprint density at radius 2 is 1.71 bits per heavy atom. The van der Waals surface area contributed by atoms with Crippen LogP contribution in [0.2, 0.25) is 0 Å². The number of benzene rings is 1. The largest absolute Gasteiger partial charge is 0.352 e. The van der Waals surface area contributed by atoms with Crippen molar-refractivity contribution in [2.45, 2.75) is 41.5 Å². The van der Waals surface area contributed by atoms with Gasteiger partial charge >= 0.3 is 0 Å². The molecular weight excluding hydrogens is 210 g/mol. The summed E-state index contributed by atoms with van der Waals surface area (Å²) in [4.78, 5) is 12.1. The highest BCUT2D eigenvalue weighted by molar-refractivity contribution is 5.97. The first-order valence-corrected chi connectivity index (χ1v) is 6.20. The fourth-order valence-corrected chi connectivity index (χ4v) is 2.02. The van der Waals surface area contributed by atoms with Crippen molar-refractivity contribution in [2.75, 3.05) is 6.54 Å². The summed E-state index contributed by atoms with van der Waals surface area (Å²) in [6.07, 6.45) is 0. The maximum absolute atomic E-state index is 12.1. The summed E-state index contributed by atoms with van der Waals surface area (Å²) in [6.45, 7) is 13.1. The van der Waals surface area contributed by atoms with E-state index in [2.05, 4.69) is 39.1 Å². The van der Waals surface area contributed by atoms with Gasteiger partial charge in [-0.25, -0.2) is 0 Å². The monoisotopic (exact) mass is 233 g/mol. The van der Waals surface area contributed by atoms with Crippen LogP contribution in [0.3, 0.4) is 0 Å². The average molecular weight is 233 g/mol. The summed E-state index contributed by atoms with van der Waals surface area (Å²) < 4.78 is 0. The first kappa shape index (κ1) is 13.8.